The van der Waals surface area contributed by atoms with Crippen LogP contribution in [0.15, 0.2) is 54.0 Å². The lowest BCUT2D eigenvalue weighted by Crippen LogP contribution is -2.36. The molecule has 1 aliphatic heterocycles. The van der Waals surface area contributed by atoms with Crippen molar-refractivity contribution in [1.29, 1.82) is 0 Å². The molecule has 3 heterocycles. The zero-order chi connectivity index (χ0) is 17.2. The number of aromatic nitrogens is 2. The van der Waals surface area contributed by atoms with Gasteiger partial charge in [-0.1, -0.05) is 24.3 Å². The van der Waals surface area contributed by atoms with Gasteiger partial charge in [0.1, 0.15) is 0 Å². The molecule has 0 fully saturated rings. The fourth-order valence-electron chi connectivity index (χ4n) is 3.35. The molecule has 25 heavy (non-hydrogen) atoms. The van der Waals surface area contributed by atoms with Crippen LogP contribution in [0.5, 0.6) is 0 Å². The van der Waals surface area contributed by atoms with E-state index >= 15 is 0 Å². The van der Waals surface area contributed by atoms with Gasteiger partial charge in [-0.05, 0) is 37.1 Å². The lowest BCUT2D eigenvalue weighted by molar-refractivity contribution is -0.118. The van der Waals surface area contributed by atoms with Crippen molar-refractivity contribution >= 4 is 22.9 Å². The first kappa shape index (κ1) is 16.0. The summed E-state index contributed by atoms with van der Waals surface area (Å²) in [5.74, 6) is 0.118. The Morgan fingerprint density at radius 3 is 2.88 bits per heavy atom. The quantitative estimate of drug-likeness (QED) is 0.722. The number of benzene rings is 1. The van der Waals surface area contributed by atoms with Crippen molar-refractivity contribution < 1.29 is 4.79 Å². The SMILES string of the molecule is C[C@H]1Cc2ccccc2N1C(=O)Cc1csc(Cc2ccccn2)n1. The van der Waals surface area contributed by atoms with Gasteiger partial charge in [0.05, 0.1) is 17.1 Å². The number of carbonyl (C=O) groups is 1. The van der Waals surface area contributed by atoms with Crippen LogP contribution in [0, 0.1) is 0 Å². The summed E-state index contributed by atoms with van der Waals surface area (Å²) in [5, 5.41) is 2.99. The second-order valence-corrected chi connectivity index (χ2v) is 7.30. The fourth-order valence-corrected chi connectivity index (χ4v) is 4.16. The van der Waals surface area contributed by atoms with Crippen LogP contribution in [0.2, 0.25) is 0 Å². The zero-order valence-electron chi connectivity index (χ0n) is 14.1. The Labute approximate surface area is 151 Å². The van der Waals surface area contributed by atoms with E-state index in [4.69, 9.17) is 0 Å². The molecule has 4 nitrogen and oxygen atoms in total. The molecule has 5 heteroatoms. The largest absolute Gasteiger partial charge is 0.309 e. The molecule has 2 aromatic heterocycles. The highest BCUT2D eigenvalue weighted by molar-refractivity contribution is 7.09. The fraction of sp³-hybridized carbons (Fsp3) is 0.250. The predicted molar refractivity (Wildman–Crippen MR) is 100.0 cm³/mol. The third-order valence-electron chi connectivity index (χ3n) is 4.47. The molecule has 4 rings (SSSR count). The molecular weight excluding hydrogens is 330 g/mol. The lowest BCUT2D eigenvalue weighted by Gasteiger charge is -2.22. The number of nitrogens with zero attached hydrogens (tertiary/aromatic N) is 3. The number of para-hydroxylation sites is 1. The molecule has 0 N–H and O–H groups in total. The van der Waals surface area contributed by atoms with Crippen LogP contribution in [-0.4, -0.2) is 21.9 Å². The van der Waals surface area contributed by atoms with Crippen LogP contribution in [0.4, 0.5) is 5.69 Å². The number of amides is 1. The summed E-state index contributed by atoms with van der Waals surface area (Å²) in [5.41, 5.74) is 4.13. The Bertz CT molecular complexity index is 891. The van der Waals surface area contributed by atoms with Gasteiger partial charge in [-0.25, -0.2) is 4.98 Å². The molecule has 0 aliphatic carbocycles. The molecule has 0 saturated carbocycles. The van der Waals surface area contributed by atoms with E-state index in [1.807, 2.05) is 46.7 Å². The van der Waals surface area contributed by atoms with E-state index in [1.165, 1.54) is 5.56 Å². The highest BCUT2D eigenvalue weighted by Gasteiger charge is 2.30. The Kier molecular flexibility index (Phi) is 4.32. The summed E-state index contributed by atoms with van der Waals surface area (Å²) in [4.78, 5) is 23.7. The van der Waals surface area contributed by atoms with Gasteiger partial charge >= 0.3 is 0 Å². The monoisotopic (exact) mass is 349 g/mol. The lowest BCUT2D eigenvalue weighted by atomic mass is 10.1. The van der Waals surface area contributed by atoms with Crippen molar-refractivity contribution in [3.63, 3.8) is 0 Å². The minimum atomic E-state index is 0.118. The molecule has 0 spiro atoms. The van der Waals surface area contributed by atoms with Crippen LogP contribution in [0.3, 0.4) is 0 Å². The molecule has 1 amide bonds. The molecule has 1 aromatic carbocycles. The van der Waals surface area contributed by atoms with Crippen LogP contribution < -0.4 is 4.90 Å². The van der Waals surface area contributed by atoms with E-state index < -0.39 is 0 Å². The Balaban J connectivity index is 1.47. The third kappa shape index (κ3) is 3.33. The highest BCUT2D eigenvalue weighted by atomic mass is 32.1. The zero-order valence-corrected chi connectivity index (χ0v) is 14.9. The van der Waals surface area contributed by atoms with E-state index in [2.05, 4.69) is 23.0 Å². The Morgan fingerprint density at radius 1 is 1.20 bits per heavy atom. The van der Waals surface area contributed by atoms with Crippen LogP contribution in [0.1, 0.15) is 28.9 Å². The highest BCUT2D eigenvalue weighted by Crippen LogP contribution is 2.32. The number of thiazole rings is 1. The Morgan fingerprint density at radius 2 is 2.04 bits per heavy atom. The van der Waals surface area contributed by atoms with Crippen molar-refractivity contribution in [2.45, 2.75) is 32.2 Å². The summed E-state index contributed by atoms with van der Waals surface area (Å²) < 4.78 is 0. The molecule has 0 saturated heterocycles. The minimum Gasteiger partial charge on any atom is -0.309 e. The summed E-state index contributed by atoms with van der Waals surface area (Å²) in [6.07, 6.45) is 3.77. The normalized spacial score (nSPS) is 16.0. The maximum atomic E-state index is 12.8. The van der Waals surface area contributed by atoms with E-state index in [1.54, 1.807) is 17.5 Å². The van der Waals surface area contributed by atoms with Crippen LogP contribution >= 0.6 is 11.3 Å². The third-order valence-corrected chi connectivity index (χ3v) is 5.36. The van der Waals surface area contributed by atoms with Crippen LogP contribution in [-0.2, 0) is 24.1 Å². The minimum absolute atomic E-state index is 0.118. The maximum Gasteiger partial charge on any atom is 0.233 e. The molecule has 1 atom stereocenters. The molecule has 3 aromatic rings. The van der Waals surface area contributed by atoms with Gasteiger partial charge in [0, 0.05) is 35.4 Å². The van der Waals surface area contributed by atoms with Crippen molar-refractivity contribution in [1.82, 2.24) is 9.97 Å². The summed E-state index contributed by atoms with van der Waals surface area (Å²) in [6, 6.07) is 14.2. The second kappa shape index (κ2) is 6.76. The second-order valence-electron chi connectivity index (χ2n) is 6.35. The maximum absolute atomic E-state index is 12.8. The topological polar surface area (TPSA) is 46.1 Å². The van der Waals surface area contributed by atoms with Gasteiger partial charge in [-0.3, -0.25) is 9.78 Å². The molecular formula is C20H19N3OS. The predicted octanol–water partition coefficient (Wildman–Crippen LogP) is 3.65. The van der Waals surface area contributed by atoms with Gasteiger partial charge in [-0.2, -0.15) is 0 Å². The molecule has 0 unspecified atom stereocenters. The number of anilines is 1. The average Bonchev–Trinajstić information content (AvgIpc) is 3.18. The first-order valence-corrected chi connectivity index (χ1v) is 9.32. The molecule has 126 valence electrons. The first-order valence-electron chi connectivity index (χ1n) is 8.44. The van der Waals surface area contributed by atoms with Gasteiger partial charge < -0.3 is 4.90 Å². The van der Waals surface area contributed by atoms with Crippen molar-refractivity contribution in [3.8, 4) is 0 Å². The van der Waals surface area contributed by atoms with E-state index in [0.29, 0.717) is 12.8 Å². The van der Waals surface area contributed by atoms with Gasteiger partial charge in [0.15, 0.2) is 0 Å². The van der Waals surface area contributed by atoms with Crippen LogP contribution in [0.25, 0.3) is 0 Å². The molecule has 1 aliphatic rings. The van der Waals surface area contributed by atoms with E-state index in [9.17, 15) is 4.79 Å². The molecule has 0 bridgehead atoms. The number of hydrogen-bond acceptors (Lipinski definition) is 4. The first-order chi connectivity index (χ1) is 12.2. The number of hydrogen-bond donors (Lipinski definition) is 0. The van der Waals surface area contributed by atoms with Gasteiger partial charge in [-0.15, -0.1) is 11.3 Å². The van der Waals surface area contributed by atoms with Gasteiger partial charge in [0.25, 0.3) is 0 Å². The standard InChI is InChI=1S/C20H19N3OS/c1-14-10-15-6-2-3-8-18(15)23(14)20(24)12-17-13-25-19(22-17)11-16-7-4-5-9-21-16/h2-9,13-14H,10-12H2,1H3/t14-/m0/s1. The number of rotatable bonds is 4. The van der Waals surface area contributed by atoms with E-state index in [-0.39, 0.29) is 11.9 Å². The van der Waals surface area contributed by atoms with Crippen molar-refractivity contribution in [3.05, 3.63) is 76.0 Å². The average molecular weight is 349 g/mol. The molecule has 0 radical (unpaired) electrons. The number of fused-ring (bicyclic) bond motifs is 1. The van der Waals surface area contributed by atoms with Crippen molar-refractivity contribution in [2.24, 2.45) is 0 Å². The summed E-state index contributed by atoms with van der Waals surface area (Å²) in [6.45, 7) is 2.10. The van der Waals surface area contributed by atoms with E-state index in [0.717, 1.165) is 28.5 Å². The summed E-state index contributed by atoms with van der Waals surface area (Å²) in [7, 11) is 0. The summed E-state index contributed by atoms with van der Waals surface area (Å²) >= 11 is 1.59. The Hall–Kier alpha value is -2.53. The number of pyridine rings is 1. The van der Waals surface area contributed by atoms with Crippen molar-refractivity contribution in [2.75, 3.05) is 4.90 Å². The van der Waals surface area contributed by atoms with Gasteiger partial charge in [0.2, 0.25) is 5.91 Å². The number of carbonyl (C=O) groups excluding carboxylic acids is 1. The smallest absolute Gasteiger partial charge is 0.233 e.